The van der Waals surface area contributed by atoms with Gasteiger partial charge in [0.2, 0.25) is 0 Å². The molecule has 0 fully saturated rings. The van der Waals surface area contributed by atoms with Crippen molar-refractivity contribution in [3.8, 4) is 0 Å². The van der Waals surface area contributed by atoms with Gasteiger partial charge in [0, 0.05) is 0 Å². The molecule has 0 N–H and O–H groups in total. The second-order valence-corrected chi connectivity index (χ2v) is 4.26. The van der Waals surface area contributed by atoms with Crippen molar-refractivity contribution in [1.82, 2.24) is 0 Å². The zero-order valence-electron chi connectivity index (χ0n) is 6.97. The van der Waals surface area contributed by atoms with E-state index in [2.05, 4.69) is 12.2 Å². The number of allylic oxidation sites excluding steroid dienone is 2. The number of hydrogen-bond donors (Lipinski definition) is 0. The van der Waals surface area contributed by atoms with E-state index in [1.54, 1.807) is 11.1 Å². The third kappa shape index (κ3) is 1.32. The van der Waals surface area contributed by atoms with Gasteiger partial charge in [-0.15, -0.1) is 0 Å². The van der Waals surface area contributed by atoms with Crippen molar-refractivity contribution in [1.29, 1.82) is 0 Å². The van der Waals surface area contributed by atoms with Crippen LogP contribution in [0.25, 0.3) is 0 Å². The predicted octanol–water partition coefficient (Wildman–Crippen LogP) is 1.09. The molecular weight excluding hydrogens is 197 g/mol. The molecule has 1 unspecified atom stereocenters. The van der Waals surface area contributed by atoms with Gasteiger partial charge in [0.1, 0.15) is 0 Å². The quantitative estimate of drug-likeness (QED) is 0.589. The van der Waals surface area contributed by atoms with Gasteiger partial charge in [-0.05, 0) is 0 Å². The number of hydrogen-bond acceptors (Lipinski definition) is 1. The maximum atomic E-state index is 5.52. The fraction of sp³-hybridized carbons (Fsp3) is 0.556. The van der Waals surface area contributed by atoms with Crippen molar-refractivity contribution in [3.63, 3.8) is 0 Å². The fourth-order valence-electron chi connectivity index (χ4n) is 2.01. The van der Waals surface area contributed by atoms with E-state index in [0.29, 0.717) is 23.0 Å². The summed E-state index contributed by atoms with van der Waals surface area (Å²) < 4.78 is 5.52. The summed E-state index contributed by atoms with van der Waals surface area (Å²) in [5.74, 6) is 0. The molecule has 2 rings (SSSR count). The van der Waals surface area contributed by atoms with Gasteiger partial charge >= 0.3 is 75.7 Å². The second kappa shape index (κ2) is 3.15. The van der Waals surface area contributed by atoms with Gasteiger partial charge in [0.25, 0.3) is 0 Å². The van der Waals surface area contributed by atoms with E-state index in [-0.39, 0.29) is 0 Å². The topological polar surface area (TPSA) is 9.23 Å². The average molecular weight is 211 g/mol. The molecule has 0 aromatic heterocycles. The molecule has 1 atom stereocenters. The first-order valence-corrected chi connectivity index (χ1v) is 6.06. The van der Waals surface area contributed by atoms with Gasteiger partial charge in [0.05, 0.1) is 0 Å². The molecule has 0 saturated carbocycles. The summed E-state index contributed by atoms with van der Waals surface area (Å²) in [6.07, 6.45) is 10.2. The first-order chi connectivity index (χ1) is 5.42. The van der Waals surface area contributed by atoms with Crippen LogP contribution in [0, 0.1) is 0 Å². The van der Waals surface area contributed by atoms with E-state index in [0.717, 1.165) is 0 Å². The van der Waals surface area contributed by atoms with E-state index >= 15 is 0 Å². The van der Waals surface area contributed by atoms with Gasteiger partial charge in [-0.25, -0.2) is 0 Å². The van der Waals surface area contributed by atoms with Gasteiger partial charge in [-0.2, -0.15) is 0 Å². The van der Waals surface area contributed by atoms with Crippen molar-refractivity contribution < 1.29 is 3.76 Å². The van der Waals surface area contributed by atoms with Crippen molar-refractivity contribution in [2.75, 3.05) is 0 Å². The van der Waals surface area contributed by atoms with Gasteiger partial charge < -0.3 is 0 Å². The van der Waals surface area contributed by atoms with Crippen molar-refractivity contribution >= 4 is 16.9 Å². The molecule has 0 aromatic rings. The summed E-state index contributed by atoms with van der Waals surface area (Å²) in [6, 6.07) is 0. The van der Waals surface area contributed by atoms with Crippen molar-refractivity contribution in [2.24, 2.45) is 0 Å². The Morgan fingerprint density at radius 3 is 3.00 bits per heavy atom. The van der Waals surface area contributed by atoms with E-state index in [1.165, 1.54) is 25.7 Å². The second-order valence-electron chi connectivity index (χ2n) is 3.27. The Morgan fingerprint density at radius 2 is 2.18 bits per heavy atom. The van der Waals surface area contributed by atoms with Crippen LogP contribution in [0.5, 0.6) is 0 Å². The Kier molecular flexibility index (Phi) is 2.19. The molecule has 0 heterocycles. The molecule has 0 saturated heterocycles. The minimum atomic E-state index is 0.394. The molecule has 60 valence electrons. The van der Waals surface area contributed by atoms with Crippen LogP contribution in [-0.2, 0) is 3.76 Å². The number of rotatable bonds is 1. The Labute approximate surface area is 76.1 Å². The molecule has 2 aliphatic carbocycles. The summed E-state index contributed by atoms with van der Waals surface area (Å²) >= 11 is 0.530. The molecule has 0 aromatic carbocycles. The zero-order chi connectivity index (χ0) is 7.68. The molecule has 2 heteroatoms. The first-order valence-electron chi connectivity index (χ1n) is 4.35. The van der Waals surface area contributed by atoms with Gasteiger partial charge in [-0.1, -0.05) is 0 Å². The van der Waals surface area contributed by atoms with Crippen LogP contribution in [0.4, 0.5) is 0 Å². The predicted molar refractivity (Wildman–Crippen MR) is 49.4 cm³/mol. The molecule has 11 heavy (non-hydrogen) atoms. The van der Waals surface area contributed by atoms with Crippen LogP contribution in [0.3, 0.4) is 0 Å². The molecular formula is C9H14GeO. The van der Waals surface area contributed by atoms with Crippen molar-refractivity contribution in [3.05, 3.63) is 23.3 Å². The fourth-order valence-corrected chi connectivity index (χ4v) is 2.93. The van der Waals surface area contributed by atoms with E-state index < -0.39 is 0 Å². The summed E-state index contributed by atoms with van der Waals surface area (Å²) in [5, 5.41) is 0. The third-order valence-electron chi connectivity index (χ3n) is 2.62. The Hall–Kier alpha value is -0.0171. The summed E-state index contributed by atoms with van der Waals surface area (Å²) in [7, 11) is 0. The van der Waals surface area contributed by atoms with Gasteiger partial charge in [0.15, 0.2) is 0 Å². The monoisotopic (exact) mass is 212 g/mol. The Bertz CT molecular complexity index is 218. The normalized spacial score (nSPS) is 29.6. The Morgan fingerprint density at radius 1 is 1.36 bits per heavy atom. The molecule has 2 aliphatic rings. The molecule has 0 aliphatic heterocycles. The molecule has 1 nitrogen and oxygen atoms in total. The van der Waals surface area contributed by atoms with Crippen LogP contribution >= 0.6 is 0 Å². The van der Waals surface area contributed by atoms with Crippen LogP contribution in [0.1, 0.15) is 25.7 Å². The average Bonchev–Trinajstić information content (AvgIpc) is 2.47. The molecule has 0 bridgehead atoms. The minimum absolute atomic E-state index is 0.394. The van der Waals surface area contributed by atoms with E-state index in [1.807, 2.05) is 0 Å². The van der Waals surface area contributed by atoms with Crippen LogP contribution < -0.4 is 0 Å². The summed E-state index contributed by atoms with van der Waals surface area (Å²) in [6.45, 7) is 0. The van der Waals surface area contributed by atoms with Crippen LogP contribution in [0.15, 0.2) is 23.3 Å². The van der Waals surface area contributed by atoms with Crippen molar-refractivity contribution in [2.45, 2.75) is 31.8 Å². The van der Waals surface area contributed by atoms with E-state index in [9.17, 15) is 0 Å². The van der Waals surface area contributed by atoms with Crippen LogP contribution in [0.2, 0.25) is 0 Å². The summed E-state index contributed by atoms with van der Waals surface area (Å²) in [5.41, 5.74) is 3.16. The third-order valence-corrected chi connectivity index (χ3v) is 3.69. The van der Waals surface area contributed by atoms with Gasteiger partial charge in [-0.3, -0.25) is 0 Å². The molecule has 0 radical (unpaired) electrons. The maximum absolute atomic E-state index is 5.52. The SMILES string of the molecule is [GeH3][O]C1C=CC2=C1CCCC2. The standard InChI is InChI=1S/C9H14GeO/c10-11-9-6-5-7-3-1-2-4-8(7)9/h5-6,9H,1-4H2,10H3. The molecule has 0 spiro atoms. The summed E-state index contributed by atoms with van der Waals surface area (Å²) in [4.78, 5) is 0. The van der Waals surface area contributed by atoms with E-state index in [4.69, 9.17) is 3.76 Å². The molecule has 0 amide bonds. The first kappa shape index (κ1) is 7.62. The zero-order valence-corrected chi connectivity index (χ0v) is 11.2. The Balaban J connectivity index is 2.21. The van der Waals surface area contributed by atoms with Crippen LogP contribution in [-0.4, -0.2) is 23.0 Å².